The molecule has 0 unspecified atom stereocenters. The van der Waals surface area contributed by atoms with Gasteiger partial charge in [0.2, 0.25) is 0 Å². The van der Waals surface area contributed by atoms with Crippen LogP contribution in [0.3, 0.4) is 0 Å². The predicted molar refractivity (Wildman–Crippen MR) is 95.9 cm³/mol. The molecule has 0 aliphatic carbocycles. The summed E-state index contributed by atoms with van der Waals surface area (Å²) in [6.07, 6.45) is -3.80. The third-order valence-electron chi connectivity index (χ3n) is 3.30. The second-order valence-corrected chi connectivity index (χ2v) is 6.96. The van der Waals surface area contributed by atoms with Crippen LogP contribution in [0.2, 0.25) is 5.02 Å². The number of carbonyl (C=O) groups is 2. The van der Waals surface area contributed by atoms with Gasteiger partial charge in [-0.3, -0.25) is 10.1 Å². The number of amides is 3. The highest BCUT2D eigenvalue weighted by molar-refractivity contribution is 8.00. The van der Waals surface area contributed by atoms with Crippen molar-refractivity contribution < 1.29 is 27.2 Å². The molecule has 0 bridgehead atoms. The molecule has 2 aromatic rings. The highest BCUT2D eigenvalue weighted by atomic mass is 35.5. The summed E-state index contributed by atoms with van der Waals surface area (Å²) < 4.78 is 50.7. The van der Waals surface area contributed by atoms with Crippen LogP contribution in [0.15, 0.2) is 47.4 Å². The Balaban J connectivity index is 2.04. The van der Waals surface area contributed by atoms with E-state index in [0.717, 1.165) is 0 Å². The van der Waals surface area contributed by atoms with Gasteiger partial charge in [0.05, 0.1) is 10.6 Å². The summed E-state index contributed by atoms with van der Waals surface area (Å²) in [5.41, 5.74) is 0.682. The molecule has 2 N–H and O–H groups in total. The number of anilines is 1. The van der Waals surface area contributed by atoms with Gasteiger partial charge >= 0.3 is 17.7 Å². The van der Waals surface area contributed by atoms with Crippen LogP contribution in [0.1, 0.15) is 15.9 Å². The Morgan fingerprint density at radius 3 is 2.41 bits per heavy atom. The Morgan fingerprint density at radius 1 is 1.15 bits per heavy atom. The molecular formula is C17H13ClF4N2O2S. The molecule has 144 valence electrons. The number of aryl methyl sites for hydroxylation is 1. The average molecular weight is 421 g/mol. The summed E-state index contributed by atoms with van der Waals surface area (Å²) in [5.74, 6) is -0.723. The summed E-state index contributed by atoms with van der Waals surface area (Å²) in [6, 6.07) is 8.94. The fourth-order valence-corrected chi connectivity index (χ4v) is 3.01. The van der Waals surface area contributed by atoms with E-state index in [1.54, 1.807) is 12.1 Å². The van der Waals surface area contributed by atoms with E-state index in [9.17, 15) is 27.2 Å². The number of halogens is 5. The molecule has 0 aromatic heterocycles. The number of carbonyl (C=O) groups excluding carboxylic acids is 2. The smallest absolute Gasteiger partial charge is 0.307 e. The molecule has 0 atom stereocenters. The fraction of sp³-hybridized carbons (Fsp3) is 0.176. The van der Waals surface area contributed by atoms with Crippen LogP contribution in [0, 0.1) is 6.92 Å². The van der Waals surface area contributed by atoms with Gasteiger partial charge in [-0.1, -0.05) is 23.7 Å². The Labute approximate surface area is 161 Å². The van der Waals surface area contributed by atoms with E-state index >= 15 is 0 Å². The Hall–Kier alpha value is -2.26. The van der Waals surface area contributed by atoms with E-state index in [4.69, 9.17) is 11.6 Å². The first-order valence-corrected chi connectivity index (χ1v) is 8.62. The fourth-order valence-electron chi connectivity index (χ4n) is 2.01. The quantitative estimate of drug-likeness (QED) is 0.491. The van der Waals surface area contributed by atoms with E-state index in [-0.39, 0.29) is 32.9 Å². The first-order chi connectivity index (χ1) is 12.6. The Bertz CT molecular complexity index is 865. The highest BCUT2D eigenvalue weighted by Crippen LogP contribution is 2.41. The minimum absolute atomic E-state index is 0.0871. The van der Waals surface area contributed by atoms with Crippen LogP contribution in [0.5, 0.6) is 0 Å². The second kappa shape index (κ2) is 8.62. The number of thioether (sulfide) groups is 1. The van der Waals surface area contributed by atoms with Gasteiger partial charge in [-0.25, -0.2) is 13.6 Å². The largest absolute Gasteiger partial charge is 0.357 e. The van der Waals surface area contributed by atoms with Crippen molar-refractivity contribution in [2.45, 2.75) is 23.5 Å². The van der Waals surface area contributed by atoms with Crippen molar-refractivity contribution in [3.63, 3.8) is 0 Å². The molecule has 10 heteroatoms. The molecule has 0 radical (unpaired) electrons. The molecule has 2 aromatic carbocycles. The summed E-state index contributed by atoms with van der Waals surface area (Å²) in [5, 5.41) is 0.412. The van der Waals surface area contributed by atoms with Crippen LogP contribution in [0.4, 0.5) is 28.0 Å². The second-order valence-electron chi connectivity index (χ2n) is 5.33. The number of hydrogen-bond acceptors (Lipinski definition) is 3. The van der Waals surface area contributed by atoms with Gasteiger partial charge in [0.15, 0.2) is 0 Å². The average Bonchev–Trinajstić information content (AvgIpc) is 2.57. The SMILES string of the molecule is Cc1cc(SC(F)(F)C(F)F)ccc1NC(=O)NC(=O)c1ccccc1Cl. The molecule has 27 heavy (non-hydrogen) atoms. The summed E-state index contributed by atoms with van der Waals surface area (Å²) in [7, 11) is 0. The lowest BCUT2D eigenvalue weighted by Gasteiger charge is -2.16. The zero-order valence-corrected chi connectivity index (χ0v) is 15.3. The maximum atomic E-state index is 13.1. The minimum Gasteiger partial charge on any atom is -0.307 e. The monoisotopic (exact) mass is 420 g/mol. The maximum absolute atomic E-state index is 13.1. The molecule has 0 spiro atoms. The van der Waals surface area contributed by atoms with Gasteiger partial charge in [-0.15, -0.1) is 0 Å². The van der Waals surface area contributed by atoms with Crippen molar-refractivity contribution in [2.24, 2.45) is 0 Å². The van der Waals surface area contributed by atoms with E-state index in [2.05, 4.69) is 10.6 Å². The zero-order valence-electron chi connectivity index (χ0n) is 13.7. The van der Waals surface area contributed by atoms with E-state index < -0.39 is 23.6 Å². The Morgan fingerprint density at radius 2 is 1.81 bits per heavy atom. The standard InChI is InChI=1S/C17H13ClF4N2O2S/c1-9-8-10(27-17(21,22)15(19)20)6-7-13(9)23-16(26)24-14(25)11-4-2-3-5-12(11)18/h2-8,15H,1H3,(H2,23,24,25,26). The van der Waals surface area contributed by atoms with Crippen molar-refractivity contribution in [1.29, 1.82) is 0 Å². The minimum atomic E-state index is -4.22. The molecule has 0 saturated carbocycles. The first kappa shape index (κ1) is 21.0. The number of nitrogens with one attached hydrogen (secondary N) is 2. The van der Waals surface area contributed by atoms with Crippen LogP contribution in [-0.4, -0.2) is 23.6 Å². The number of alkyl halides is 4. The maximum Gasteiger partial charge on any atom is 0.357 e. The number of benzene rings is 2. The topological polar surface area (TPSA) is 58.2 Å². The van der Waals surface area contributed by atoms with Crippen LogP contribution < -0.4 is 10.6 Å². The summed E-state index contributed by atoms with van der Waals surface area (Å²) >= 11 is 5.60. The third-order valence-corrected chi connectivity index (χ3v) is 4.57. The van der Waals surface area contributed by atoms with Crippen LogP contribution in [0.25, 0.3) is 0 Å². The van der Waals surface area contributed by atoms with Gasteiger partial charge in [0.25, 0.3) is 5.91 Å². The highest BCUT2D eigenvalue weighted by Gasteiger charge is 2.42. The lowest BCUT2D eigenvalue weighted by Crippen LogP contribution is -2.34. The molecule has 0 aliphatic rings. The molecule has 3 amide bonds. The number of rotatable bonds is 5. The van der Waals surface area contributed by atoms with Crippen molar-refractivity contribution in [3.8, 4) is 0 Å². The van der Waals surface area contributed by atoms with Crippen molar-refractivity contribution in [1.82, 2.24) is 5.32 Å². The lowest BCUT2D eigenvalue weighted by molar-refractivity contribution is -0.0563. The van der Waals surface area contributed by atoms with Crippen LogP contribution >= 0.6 is 23.4 Å². The van der Waals surface area contributed by atoms with Gasteiger partial charge in [-0.05, 0) is 54.6 Å². The van der Waals surface area contributed by atoms with Crippen molar-refractivity contribution >= 4 is 41.0 Å². The van der Waals surface area contributed by atoms with E-state index in [0.29, 0.717) is 5.56 Å². The van der Waals surface area contributed by atoms with Crippen molar-refractivity contribution in [3.05, 3.63) is 58.6 Å². The van der Waals surface area contributed by atoms with E-state index in [1.807, 2.05) is 0 Å². The first-order valence-electron chi connectivity index (χ1n) is 7.42. The molecule has 0 fully saturated rings. The molecule has 2 rings (SSSR count). The normalized spacial score (nSPS) is 11.4. The molecule has 0 heterocycles. The van der Waals surface area contributed by atoms with Crippen LogP contribution in [-0.2, 0) is 0 Å². The van der Waals surface area contributed by atoms with Crippen molar-refractivity contribution in [2.75, 3.05) is 5.32 Å². The molecule has 0 aliphatic heterocycles. The van der Waals surface area contributed by atoms with Gasteiger partial charge in [-0.2, -0.15) is 8.78 Å². The molecule has 4 nitrogen and oxygen atoms in total. The third kappa shape index (κ3) is 5.61. The summed E-state index contributed by atoms with van der Waals surface area (Å²) in [4.78, 5) is 23.9. The number of imide groups is 1. The van der Waals surface area contributed by atoms with E-state index in [1.165, 1.54) is 37.3 Å². The molecule has 0 saturated heterocycles. The predicted octanol–water partition coefficient (Wildman–Crippen LogP) is 5.56. The lowest BCUT2D eigenvalue weighted by atomic mass is 10.2. The Kier molecular flexibility index (Phi) is 6.72. The molecular weight excluding hydrogens is 408 g/mol. The van der Waals surface area contributed by atoms with Gasteiger partial charge in [0, 0.05) is 10.6 Å². The number of urea groups is 1. The van der Waals surface area contributed by atoms with Gasteiger partial charge in [0.1, 0.15) is 0 Å². The van der Waals surface area contributed by atoms with Gasteiger partial charge < -0.3 is 5.32 Å². The summed E-state index contributed by atoms with van der Waals surface area (Å²) in [6.45, 7) is 1.50. The zero-order chi connectivity index (χ0) is 20.2. The number of hydrogen-bond donors (Lipinski definition) is 2.